The number of hydrogen-bond acceptors (Lipinski definition) is 10. The van der Waals surface area contributed by atoms with E-state index in [1.165, 1.54) is 9.80 Å². The van der Waals surface area contributed by atoms with Crippen LogP contribution in [-0.4, -0.2) is 94.4 Å². The van der Waals surface area contributed by atoms with E-state index in [-0.39, 0.29) is 32.7 Å². The normalized spacial score (nSPS) is 22.8. The summed E-state index contributed by atoms with van der Waals surface area (Å²) < 4.78 is 14.6. The van der Waals surface area contributed by atoms with Crippen LogP contribution in [0.15, 0.2) is 0 Å². The number of carboxylic acid groups (broad SMARTS) is 1. The van der Waals surface area contributed by atoms with E-state index in [4.69, 9.17) is 9.05 Å². The van der Waals surface area contributed by atoms with E-state index in [0.29, 0.717) is 0 Å². The number of aliphatic carboxylic acids is 1. The Balaban J connectivity index is 2.17. The fourth-order valence-corrected chi connectivity index (χ4v) is 4.07. The van der Waals surface area contributed by atoms with Gasteiger partial charge in [0, 0.05) is 0 Å². The summed E-state index contributed by atoms with van der Waals surface area (Å²) in [6.45, 7) is -0.705. The van der Waals surface area contributed by atoms with E-state index in [9.17, 15) is 24.3 Å². The first-order valence-corrected chi connectivity index (χ1v) is 9.12. The van der Waals surface area contributed by atoms with Crippen LogP contribution in [0.25, 0.3) is 0 Å². The molecule has 2 bridgehead atoms. The van der Waals surface area contributed by atoms with Crippen molar-refractivity contribution in [3.63, 3.8) is 0 Å². The molecule has 0 spiro atoms. The second-order valence-electron chi connectivity index (χ2n) is 4.41. The zero-order valence-electron chi connectivity index (χ0n) is 10.9. The van der Waals surface area contributed by atoms with E-state index < -0.39 is 51.9 Å². The minimum absolute atomic E-state index is 0.146. The fraction of sp³-hybridized carbons (Fsp3) is 0.600. The molecule has 0 saturated carbocycles. The summed E-state index contributed by atoms with van der Waals surface area (Å²) in [7, 11) is 0. The van der Waals surface area contributed by atoms with Gasteiger partial charge < -0.3 is 0 Å². The van der Waals surface area contributed by atoms with Crippen molar-refractivity contribution in [3.05, 3.63) is 0 Å². The predicted octanol–water partition coefficient (Wildman–Crippen LogP) is -4.02. The van der Waals surface area contributed by atoms with Crippen LogP contribution in [0.3, 0.4) is 0 Å². The molecule has 0 radical (unpaired) electrons. The number of hydrogen-bond donors (Lipinski definition) is 0. The van der Waals surface area contributed by atoms with Crippen molar-refractivity contribution in [2.45, 2.75) is 0 Å². The van der Waals surface area contributed by atoms with E-state index in [1.807, 2.05) is 0 Å². The molecule has 0 aromatic rings. The first kappa shape index (κ1) is 16.0. The van der Waals surface area contributed by atoms with Gasteiger partial charge in [-0.15, -0.1) is 0 Å². The average molecular weight is 410 g/mol. The van der Waals surface area contributed by atoms with E-state index in [1.54, 1.807) is 0 Å². The monoisotopic (exact) mass is 409 g/mol. The van der Waals surface area contributed by atoms with Gasteiger partial charge in [-0.1, -0.05) is 0 Å². The van der Waals surface area contributed by atoms with E-state index in [2.05, 4.69) is 0 Å². The van der Waals surface area contributed by atoms with Gasteiger partial charge in [-0.05, 0) is 0 Å². The second kappa shape index (κ2) is 7.06. The first-order chi connectivity index (χ1) is 9.92. The van der Waals surface area contributed by atoms with Crippen LogP contribution in [0.5, 0.6) is 0 Å². The molecule has 0 aromatic heterocycles. The summed E-state index contributed by atoms with van der Waals surface area (Å²) in [4.78, 5) is 48.3. The van der Waals surface area contributed by atoms with Crippen molar-refractivity contribution in [1.82, 2.24) is 9.80 Å². The van der Waals surface area contributed by atoms with Crippen LogP contribution in [0.4, 0.5) is 0 Å². The summed E-state index contributed by atoms with van der Waals surface area (Å²) in [6.07, 6.45) is 0. The molecule has 0 amide bonds. The molecule has 11 heteroatoms. The number of fused-ring (bicyclic) bond motifs is 9. The van der Waals surface area contributed by atoms with Crippen molar-refractivity contribution in [2.75, 3.05) is 39.3 Å². The van der Waals surface area contributed by atoms with Gasteiger partial charge in [0.1, 0.15) is 0 Å². The van der Waals surface area contributed by atoms with Gasteiger partial charge in [-0.3, -0.25) is 0 Å². The number of rotatable bonds is 2. The van der Waals surface area contributed by atoms with Crippen LogP contribution in [-0.2, 0) is 28.2 Å². The van der Waals surface area contributed by atoms with Crippen LogP contribution in [0.1, 0.15) is 0 Å². The molecule has 3 aliphatic heterocycles. The molecule has 3 fully saturated rings. The van der Waals surface area contributed by atoms with Gasteiger partial charge in [0.05, 0.1) is 0 Å². The van der Waals surface area contributed by atoms with E-state index in [0.717, 1.165) is 0 Å². The molecule has 0 N–H and O–H groups in total. The standard InChI is InChI=1S/C10H16N2O8.Sb/c13-7(14)3-11(4-8(15)16)1-2-12(5-9(17)18)6-10(19)20;/h1-6H2,(H,13,14)(H,15,16)(H,17,18)(H,19,20);/q;+3/p-4. The molecule has 0 unspecified atom stereocenters. The quantitative estimate of drug-likeness (QED) is 0.416. The number of carbonyl (C=O) groups is 4. The molecule has 3 rings (SSSR count). The molecule has 3 heterocycles. The van der Waals surface area contributed by atoms with E-state index >= 15 is 0 Å². The van der Waals surface area contributed by atoms with Crippen LogP contribution in [0.2, 0.25) is 0 Å². The van der Waals surface area contributed by atoms with Crippen molar-refractivity contribution < 1.29 is 33.3 Å². The number of carbonyl (C=O) groups excluding carboxylic acids is 4. The zero-order valence-corrected chi connectivity index (χ0v) is 13.4. The summed E-state index contributed by atoms with van der Waals surface area (Å²) in [5.41, 5.74) is 0. The molecular weight excluding hydrogens is 398 g/mol. The Morgan fingerprint density at radius 3 is 2.05 bits per heavy atom. The van der Waals surface area contributed by atoms with Gasteiger partial charge in [0.2, 0.25) is 0 Å². The van der Waals surface area contributed by atoms with Crippen LogP contribution in [0, 0.1) is 0 Å². The third kappa shape index (κ3) is 5.14. The molecule has 10 nitrogen and oxygen atoms in total. The Kier molecular flexibility index (Phi) is 5.38. The topological polar surface area (TPSA) is 126 Å². The fourth-order valence-electron chi connectivity index (χ4n) is 1.83. The third-order valence-corrected chi connectivity index (χ3v) is 5.69. The Bertz CT molecular complexity index is 450. The molecule has 3 saturated heterocycles. The summed E-state index contributed by atoms with van der Waals surface area (Å²) in [5, 5.41) is 10.7. The molecular formula is C10H12N2O8Sb-. The SMILES string of the molecule is O=C([O-])CN1CCN2CC(=O)[O][Sb]([O]C(=O)C1)[O]C(=O)C2. The van der Waals surface area contributed by atoms with Crippen molar-refractivity contribution in [1.29, 1.82) is 0 Å². The Labute approximate surface area is 128 Å². The molecule has 0 aliphatic carbocycles. The van der Waals surface area contributed by atoms with Crippen LogP contribution >= 0.6 is 0 Å². The Morgan fingerprint density at radius 2 is 1.52 bits per heavy atom. The molecule has 116 valence electrons. The average Bonchev–Trinajstić information content (AvgIpc) is 2.35. The maximum absolute atomic E-state index is 11.7. The minimum atomic E-state index is -3.71. The maximum atomic E-state index is 11.7. The van der Waals surface area contributed by atoms with Crippen molar-refractivity contribution in [2.24, 2.45) is 0 Å². The van der Waals surface area contributed by atoms with Crippen molar-refractivity contribution >= 4 is 45.3 Å². The molecule has 0 atom stereocenters. The third-order valence-electron chi connectivity index (χ3n) is 2.67. The first-order valence-electron chi connectivity index (χ1n) is 5.99. The van der Waals surface area contributed by atoms with Gasteiger partial charge >= 0.3 is 128 Å². The molecule has 3 aliphatic rings. The summed E-state index contributed by atoms with van der Waals surface area (Å²) >= 11 is -3.71. The van der Waals surface area contributed by atoms with Gasteiger partial charge in [0.25, 0.3) is 0 Å². The molecule has 0 aromatic carbocycles. The van der Waals surface area contributed by atoms with Crippen LogP contribution < -0.4 is 5.11 Å². The van der Waals surface area contributed by atoms with Gasteiger partial charge in [0.15, 0.2) is 0 Å². The summed E-state index contributed by atoms with van der Waals surface area (Å²) in [5.74, 6) is -3.40. The number of carboxylic acids is 1. The predicted molar refractivity (Wildman–Crippen MR) is 61.9 cm³/mol. The Hall–Kier alpha value is -1.38. The summed E-state index contributed by atoms with van der Waals surface area (Å²) in [6, 6.07) is 0. The zero-order chi connectivity index (χ0) is 15.4. The van der Waals surface area contributed by atoms with Crippen molar-refractivity contribution in [3.8, 4) is 0 Å². The Morgan fingerprint density at radius 1 is 1.00 bits per heavy atom. The van der Waals surface area contributed by atoms with Gasteiger partial charge in [-0.25, -0.2) is 0 Å². The second-order valence-corrected chi connectivity index (χ2v) is 7.25. The molecule has 21 heavy (non-hydrogen) atoms. The van der Waals surface area contributed by atoms with Gasteiger partial charge in [-0.2, -0.15) is 0 Å². The number of nitrogens with zero attached hydrogens (tertiary/aromatic N) is 2.